The highest BCUT2D eigenvalue weighted by molar-refractivity contribution is 5.85. The van der Waals surface area contributed by atoms with Gasteiger partial charge in [-0.15, -0.1) is 0 Å². The van der Waals surface area contributed by atoms with Gasteiger partial charge in [0.15, 0.2) is 0 Å². The highest BCUT2D eigenvalue weighted by Crippen LogP contribution is 2.45. The van der Waals surface area contributed by atoms with E-state index in [1.54, 1.807) is 0 Å². The maximum absolute atomic E-state index is 13.8. The van der Waals surface area contributed by atoms with Gasteiger partial charge in [0.1, 0.15) is 18.4 Å². The number of ketones is 1. The number of Topliss-reactive ketones (excluding diaryl/α,β-unsaturated/α-hetero) is 1. The Balaban J connectivity index is 1.15. The van der Waals surface area contributed by atoms with Gasteiger partial charge in [-0.3, -0.25) is 4.79 Å². The van der Waals surface area contributed by atoms with Gasteiger partial charge in [-0.25, -0.2) is 9.59 Å². The van der Waals surface area contributed by atoms with Crippen LogP contribution < -0.4 is 5.32 Å². The minimum atomic E-state index is -1.28. The third-order valence-corrected chi connectivity index (χ3v) is 8.91. The molecule has 0 unspecified atom stereocenters. The number of fused-ring (bicyclic) bond motifs is 3. The van der Waals surface area contributed by atoms with E-state index in [1.165, 1.54) is 0 Å². The molecule has 46 heavy (non-hydrogen) atoms. The van der Waals surface area contributed by atoms with Crippen molar-refractivity contribution in [2.75, 3.05) is 6.61 Å². The average molecular weight is 610 g/mol. The Morgan fingerprint density at radius 1 is 0.652 bits per heavy atom. The summed E-state index contributed by atoms with van der Waals surface area (Å²) in [5.41, 5.74) is 6.45. The molecule has 1 atom stereocenters. The molecule has 230 valence electrons. The molecule has 1 amide bonds. The number of hydrogen-bond donors (Lipinski definition) is 2. The molecule has 5 aromatic rings. The number of carboxylic acid groups (broad SMARTS) is 1. The van der Waals surface area contributed by atoms with Crippen LogP contribution in [0.1, 0.15) is 53.0 Å². The topological polar surface area (TPSA) is 92.7 Å². The van der Waals surface area contributed by atoms with Crippen molar-refractivity contribution in [1.29, 1.82) is 0 Å². The van der Waals surface area contributed by atoms with Crippen LogP contribution in [0.3, 0.4) is 0 Å². The Bertz CT molecular complexity index is 1680. The van der Waals surface area contributed by atoms with E-state index in [-0.39, 0.29) is 37.6 Å². The molecule has 0 heterocycles. The van der Waals surface area contributed by atoms with Gasteiger partial charge < -0.3 is 15.2 Å². The Labute approximate surface area is 268 Å². The van der Waals surface area contributed by atoms with Crippen molar-refractivity contribution >= 4 is 17.8 Å². The highest BCUT2D eigenvalue weighted by atomic mass is 16.5. The Morgan fingerprint density at radius 3 is 1.54 bits per heavy atom. The number of nitrogens with one attached hydrogen (secondary N) is 1. The number of hydrogen-bond acceptors (Lipinski definition) is 4. The van der Waals surface area contributed by atoms with Crippen molar-refractivity contribution in [2.24, 2.45) is 0 Å². The third kappa shape index (κ3) is 6.20. The number of ether oxygens (including phenoxy) is 1. The standard InChI is InChI=1S/C40H35NO5/c42-31(26-40(28-14-4-1-5-15-28,29-16-6-2-7-17-29)30-18-8-3-9-19-30)24-25-37(38(43)44)41-39(45)46-27-36-34-22-12-10-20-32(34)33-21-11-13-23-35(33)36/h1-23,36-37H,24-27H2,(H,41,45)(H,43,44)/t37-/m0/s1. The monoisotopic (exact) mass is 609 g/mol. The molecule has 2 N–H and O–H groups in total. The summed E-state index contributed by atoms with van der Waals surface area (Å²) in [5, 5.41) is 12.4. The Morgan fingerprint density at radius 2 is 1.09 bits per heavy atom. The predicted octanol–water partition coefficient (Wildman–Crippen LogP) is 7.75. The zero-order valence-electron chi connectivity index (χ0n) is 25.3. The lowest BCUT2D eigenvalue weighted by molar-refractivity contribution is -0.139. The van der Waals surface area contributed by atoms with Gasteiger partial charge in [-0.1, -0.05) is 140 Å². The fourth-order valence-electron chi connectivity index (χ4n) is 6.70. The van der Waals surface area contributed by atoms with Gasteiger partial charge in [-0.2, -0.15) is 0 Å². The molecule has 0 aliphatic heterocycles. The highest BCUT2D eigenvalue weighted by Gasteiger charge is 2.38. The molecular weight excluding hydrogens is 574 g/mol. The van der Waals surface area contributed by atoms with Crippen LogP contribution in [0, 0.1) is 0 Å². The Hall–Kier alpha value is -5.49. The van der Waals surface area contributed by atoms with Crippen LogP contribution in [0.5, 0.6) is 0 Å². The van der Waals surface area contributed by atoms with Crippen LogP contribution in [0.4, 0.5) is 4.79 Å². The number of carboxylic acids is 1. The van der Waals surface area contributed by atoms with E-state index in [9.17, 15) is 19.5 Å². The molecule has 0 fully saturated rings. The second-order valence-corrected chi connectivity index (χ2v) is 11.6. The fourth-order valence-corrected chi connectivity index (χ4v) is 6.70. The number of alkyl carbamates (subject to hydrolysis) is 1. The number of aliphatic carboxylic acids is 1. The molecule has 6 nitrogen and oxygen atoms in total. The molecule has 0 spiro atoms. The van der Waals surface area contributed by atoms with E-state index in [0.717, 1.165) is 38.9 Å². The van der Waals surface area contributed by atoms with E-state index < -0.39 is 23.5 Å². The van der Waals surface area contributed by atoms with Gasteiger partial charge in [-0.05, 0) is 45.4 Å². The van der Waals surface area contributed by atoms with Gasteiger partial charge in [0, 0.05) is 18.8 Å². The lowest BCUT2D eigenvalue weighted by Crippen LogP contribution is -2.42. The molecule has 0 bridgehead atoms. The number of carbonyl (C=O) groups is 3. The maximum atomic E-state index is 13.8. The van der Waals surface area contributed by atoms with Gasteiger partial charge in [0.2, 0.25) is 0 Å². The lowest BCUT2D eigenvalue weighted by atomic mass is 9.66. The van der Waals surface area contributed by atoms with Crippen molar-refractivity contribution in [3.63, 3.8) is 0 Å². The largest absolute Gasteiger partial charge is 0.480 e. The van der Waals surface area contributed by atoms with Crippen LogP contribution >= 0.6 is 0 Å². The average Bonchev–Trinajstić information content (AvgIpc) is 3.42. The molecule has 0 aromatic heterocycles. The van der Waals surface area contributed by atoms with E-state index in [2.05, 4.69) is 5.32 Å². The van der Waals surface area contributed by atoms with Crippen LogP contribution in [-0.4, -0.2) is 35.6 Å². The minimum Gasteiger partial charge on any atom is -0.480 e. The smallest absolute Gasteiger partial charge is 0.407 e. The lowest BCUT2D eigenvalue weighted by Gasteiger charge is -2.35. The molecule has 1 aliphatic rings. The first-order valence-corrected chi connectivity index (χ1v) is 15.5. The molecule has 6 rings (SSSR count). The molecule has 0 saturated carbocycles. The van der Waals surface area contributed by atoms with E-state index in [1.807, 2.05) is 140 Å². The van der Waals surface area contributed by atoms with Crippen molar-refractivity contribution in [3.05, 3.63) is 167 Å². The minimum absolute atomic E-state index is 0.0329. The first-order valence-electron chi connectivity index (χ1n) is 15.5. The summed E-state index contributed by atoms with van der Waals surface area (Å²) in [6.07, 6.45) is -0.793. The molecule has 1 aliphatic carbocycles. The molecule has 0 saturated heterocycles. The quantitative estimate of drug-likeness (QED) is 0.141. The molecule has 6 heteroatoms. The van der Waals surface area contributed by atoms with Crippen LogP contribution in [0.2, 0.25) is 0 Å². The molecule has 0 radical (unpaired) electrons. The summed E-state index contributed by atoms with van der Waals surface area (Å²) >= 11 is 0. The zero-order chi connectivity index (χ0) is 31.9. The second kappa shape index (κ2) is 13.7. The number of benzene rings is 5. The molecule has 5 aromatic carbocycles. The van der Waals surface area contributed by atoms with E-state index >= 15 is 0 Å². The van der Waals surface area contributed by atoms with Crippen molar-refractivity contribution in [3.8, 4) is 11.1 Å². The third-order valence-electron chi connectivity index (χ3n) is 8.91. The number of carbonyl (C=O) groups excluding carboxylic acids is 2. The first kappa shape index (κ1) is 30.5. The summed E-state index contributed by atoms with van der Waals surface area (Å²) in [7, 11) is 0. The van der Waals surface area contributed by atoms with Gasteiger partial charge >= 0.3 is 12.1 Å². The summed E-state index contributed by atoms with van der Waals surface area (Å²) in [6, 6.07) is 44.4. The Kier molecular flexibility index (Phi) is 9.06. The van der Waals surface area contributed by atoms with Gasteiger partial charge in [0.05, 0.1) is 5.41 Å². The van der Waals surface area contributed by atoms with Gasteiger partial charge in [0.25, 0.3) is 0 Å². The maximum Gasteiger partial charge on any atom is 0.407 e. The normalized spacial score (nSPS) is 12.9. The van der Waals surface area contributed by atoms with Crippen molar-refractivity contribution < 1.29 is 24.2 Å². The van der Waals surface area contributed by atoms with Crippen LogP contribution in [0.15, 0.2) is 140 Å². The summed E-state index contributed by atoms with van der Waals surface area (Å²) in [6.45, 7) is 0.0683. The summed E-state index contributed by atoms with van der Waals surface area (Å²) in [4.78, 5) is 38.9. The first-order chi connectivity index (χ1) is 22.5. The van der Waals surface area contributed by atoms with Crippen molar-refractivity contribution in [1.82, 2.24) is 5.32 Å². The van der Waals surface area contributed by atoms with Crippen LogP contribution in [0.25, 0.3) is 11.1 Å². The van der Waals surface area contributed by atoms with Crippen LogP contribution in [-0.2, 0) is 19.7 Å². The second-order valence-electron chi connectivity index (χ2n) is 11.6. The SMILES string of the molecule is O=C(CC[C@H](NC(=O)OCC1c2ccccc2-c2ccccc21)C(=O)O)CC(c1ccccc1)(c1ccccc1)c1ccccc1. The zero-order valence-corrected chi connectivity index (χ0v) is 25.3. The molecular formula is C40H35NO5. The fraction of sp³-hybridized carbons (Fsp3) is 0.175. The predicted molar refractivity (Wildman–Crippen MR) is 178 cm³/mol. The summed E-state index contributed by atoms with van der Waals surface area (Å²) in [5.74, 6) is -1.48. The van der Waals surface area contributed by atoms with E-state index in [0.29, 0.717) is 0 Å². The summed E-state index contributed by atoms with van der Waals surface area (Å²) < 4.78 is 5.58. The van der Waals surface area contributed by atoms with E-state index in [4.69, 9.17) is 4.74 Å². The number of rotatable bonds is 12. The number of amides is 1. The van der Waals surface area contributed by atoms with Crippen molar-refractivity contribution in [2.45, 2.75) is 36.6 Å².